The minimum absolute atomic E-state index is 0.0782. The number of H-pyrrole nitrogens is 1. The fourth-order valence-electron chi connectivity index (χ4n) is 1.52. The molecule has 0 aliphatic rings. The van der Waals surface area contributed by atoms with E-state index in [4.69, 9.17) is 11.6 Å². The maximum absolute atomic E-state index is 11.3. The van der Waals surface area contributed by atoms with Crippen molar-refractivity contribution in [3.05, 3.63) is 24.0 Å². The minimum atomic E-state index is -0.0782. The van der Waals surface area contributed by atoms with Crippen LogP contribution < -0.4 is 5.32 Å². The fourth-order valence-corrected chi connectivity index (χ4v) is 1.70. The summed E-state index contributed by atoms with van der Waals surface area (Å²) >= 11 is 5.48. The molecule has 2 rings (SSSR count). The Morgan fingerprint density at radius 3 is 3.12 bits per heavy atom. The zero-order valence-electron chi connectivity index (χ0n) is 8.88. The zero-order valence-corrected chi connectivity index (χ0v) is 9.64. The first kappa shape index (κ1) is 11.0. The van der Waals surface area contributed by atoms with Gasteiger partial charge in [-0.2, -0.15) is 0 Å². The molecule has 0 fully saturated rings. The molecule has 0 unspecified atom stereocenters. The highest BCUT2D eigenvalue weighted by Crippen LogP contribution is 2.17. The van der Waals surface area contributed by atoms with Crippen LogP contribution in [0.15, 0.2) is 18.2 Å². The zero-order chi connectivity index (χ0) is 11.5. The third-order valence-electron chi connectivity index (χ3n) is 2.21. The van der Waals surface area contributed by atoms with Gasteiger partial charge >= 0.3 is 0 Å². The molecule has 1 heterocycles. The Labute approximate surface area is 98.0 Å². The molecule has 0 bridgehead atoms. The van der Waals surface area contributed by atoms with E-state index in [1.165, 1.54) is 0 Å². The summed E-state index contributed by atoms with van der Waals surface area (Å²) in [6.07, 6.45) is 0.321. The Morgan fingerprint density at radius 2 is 2.38 bits per heavy atom. The number of anilines is 1. The van der Waals surface area contributed by atoms with Crippen LogP contribution in [0.4, 0.5) is 5.69 Å². The van der Waals surface area contributed by atoms with Gasteiger partial charge in [-0.3, -0.25) is 4.79 Å². The maximum Gasteiger partial charge on any atom is 0.225 e. The number of benzene rings is 1. The minimum Gasteiger partial charge on any atom is -0.342 e. The molecule has 2 aromatic rings. The SMILES string of the molecule is Cc1nc2ccc(NC(=O)CCCl)cc2[nH]1. The number of halogens is 1. The molecule has 1 aromatic heterocycles. The third kappa shape index (κ3) is 2.33. The molecular weight excluding hydrogens is 226 g/mol. The van der Waals surface area contributed by atoms with E-state index in [1.54, 1.807) is 0 Å². The summed E-state index contributed by atoms with van der Waals surface area (Å²) in [5.74, 6) is 1.11. The van der Waals surface area contributed by atoms with Gasteiger partial charge in [-0.25, -0.2) is 4.98 Å². The highest BCUT2D eigenvalue weighted by Gasteiger charge is 2.04. The van der Waals surface area contributed by atoms with Crippen molar-refractivity contribution in [2.45, 2.75) is 13.3 Å². The number of hydrogen-bond donors (Lipinski definition) is 2. The van der Waals surface area contributed by atoms with E-state index in [0.717, 1.165) is 22.5 Å². The van der Waals surface area contributed by atoms with E-state index >= 15 is 0 Å². The van der Waals surface area contributed by atoms with Crippen LogP contribution in [0.3, 0.4) is 0 Å². The van der Waals surface area contributed by atoms with E-state index < -0.39 is 0 Å². The lowest BCUT2D eigenvalue weighted by atomic mass is 10.2. The molecule has 4 nitrogen and oxygen atoms in total. The Balaban J connectivity index is 2.22. The summed E-state index contributed by atoms with van der Waals surface area (Å²) in [5, 5.41) is 2.77. The number of imidazole rings is 1. The maximum atomic E-state index is 11.3. The fraction of sp³-hybridized carbons (Fsp3) is 0.273. The lowest BCUT2D eigenvalue weighted by Crippen LogP contribution is -2.11. The van der Waals surface area contributed by atoms with Crippen molar-refractivity contribution in [2.24, 2.45) is 0 Å². The van der Waals surface area contributed by atoms with Crippen molar-refractivity contribution in [1.82, 2.24) is 9.97 Å². The molecule has 0 radical (unpaired) electrons. The van der Waals surface area contributed by atoms with E-state index in [-0.39, 0.29) is 5.91 Å². The lowest BCUT2D eigenvalue weighted by molar-refractivity contribution is -0.115. The van der Waals surface area contributed by atoms with Crippen LogP contribution in [-0.4, -0.2) is 21.8 Å². The largest absolute Gasteiger partial charge is 0.342 e. The molecule has 84 valence electrons. The number of carbonyl (C=O) groups is 1. The van der Waals surface area contributed by atoms with Crippen LogP contribution in [0.2, 0.25) is 0 Å². The Kier molecular flexibility index (Phi) is 3.10. The van der Waals surface area contributed by atoms with Gasteiger partial charge in [0.05, 0.1) is 11.0 Å². The first-order chi connectivity index (χ1) is 7.69. The van der Waals surface area contributed by atoms with Crippen LogP contribution in [0.25, 0.3) is 11.0 Å². The quantitative estimate of drug-likeness (QED) is 0.806. The smallest absolute Gasteiger partial charge is 0.225 e. The van der Waals surface area contributed by atoms with Gasteiger partial charge < -0.3 is 10.3 Å². The van der Waals surface area contributed by atoms with Crippen molar-refractivity contribution < 1.29 is 4.79 Å². The summed E-state index contributed by atoms with van der Waals surface area (Å²) < 4.78 is 0. The van der Waals surface area contributed by atoms with Crippen LogP contribution in [0.5, 0.6) is 0 Å². The number of alkyl halides is 1. The van der Waals surface area contributed by atoms with E-state index in [9.17, 15) is 4.79 Å². The number of nitrogens with one attached hydrogen (secondary N) is 2. The topological polar surface area (TPSA) is 57.8 Å². The molecule has 0 aliphatic heterocycles. The molecule has 16 heavy (non-hydrogen) atoms. The van der Waals surface area contributed by atoms with Gasteiger partial charge in [0.2, 0.25) is 5.91 Å². The van der Waals surface area contributed by atoms with Gasteiger partial charge in [0.1, 0.15) is 5.82 Å². The van der Waals surface area contributed by atoms with E-state index in [0.29, 0.717) is 12.3 Å². The number of carbonyl (C=O) groups excluding carboxylic acids is 1. The number of aromatic nitrogens is 2. The highest BCUT2D eigenvalue weighted by atomic mass is 35.5. The Hall–Kier alpha value is -1.55. The molecule has 0 saturated heterocycles. The van der Waals surface area contributed by atoms with Gasteiger partial charge in [0.25, 0.3) is 0 Å². The van der Waals surface area contributed by atoms with Crippen LogP contribution in [0.1, 0.15) is 12.2 Å². The second-order valence-corrected chi connectivity index (χ2v) is 3.92. The third-order valence-corrected chi connectivity index (χ3v) is 2.39. The van der Waals surface area contributed by atoms with Crippen molar-refractivity contribution in [3.8, 4) is 0 Å². The molecule has 5 heteroatoms. The average Bonchev–Trinajstić information content (AvgIpc) is 2.57. The molecule has 0 aliphatic carbocycles. The Bertz CT molecular complexity index is 521. The van der Waals surface area contributed by atoms with E-state index in [2.05, 4.69) is 15.3 Å². The number of hydrogen-bond acceptors (Lipinski definition) is 2. The van der Waals surface area contributed by atoms with E-state index in [1.807, 2.05) is 25.1 Å². The number of amides is 1. The highest BCUT2D eigenvalue weighted by molar-refractivity contribution is 6.19. The summed E-state index contributed by atoms with van der Waals surface area (Å²) in [6.45, 7) is 1.89. The van der Waals surface area contributed by atoms with Crippen LogP contribution >= 0.6 is 11.6 Å². The normalized spacial score (nSPS) is 10.6. The number of aromatic amines is 1. The molecule has 1 amide bonds. The summed E-state index contributed by atoms with van der Waals surface area (Å²) in [7, 11) is 0. The van der Waals surface area contributed by atoms with Gasteiger partial charge in [-0.05, 0) is 25.1 Å². The molecule has 1 aromatic carbocycles. The van der Waals surface area contributed by atoms with Gasteiger partial charge in [0, 0.05) is 18.0 Å². The van der Waals surface area contributed by atoms with Crippen molar-refractivity contribution in [1.29, 1.82) is 0 Å². The van der Waals surface area contributed by atoms with Crippen molar-refractivity contribution >= 4 is 34.2 Å². The molecule has 0 spiro atoms. The predicted octanol–water partition coefficient (Wildman–Crippen LogP) is 2.44. The van der Waals surface area contributed by atoms with Crippen molar-refractivity contribution in [3.63, 3.8) is 0 Å². The second kappa shape index (κ2) is 4.53. The molecule has 2 N–H and O–H groups in total. The number of nitrogens with zero attached hydrogens (tertiary/aromatic N) is 1. The summed E-state index contributed by atoms with van der Waals surface area (Å²) in [6, 6.07) is 5.56. The van der Waals surface area contributed by atoms with Gasteiger partial charge in [-0.15, -0.1) is 11.6 Å². The first-order valence-corrected chi connectivity index (χ1v) is 5.54. The summed E-state index contributed by atoms with van der Waals surface area (Å²) in [5.41, 5.74) is 2.57. The van der Waals surface area contributed by atoms with Gasteiger partial charge in [-0.1, -0.05) is 0 Å². The standard InChI is InChI=1S/C11H12ClN3O/c1-7-13-9-3-2-8(6-10(9)14-7)15-11(16)4-5-12/h2-3,6H,4-5H2,1H3,(H,13,14)(H,15,16). The molecule has 0 saturated carbocycles. The number of aryl methyl sites for hydroxylation is 1. The summed E-state index contributed by atoms with van der Waals surface area (Å²) in [4.78, 5) is 18.7. The average molecular weight is 238 g/mol. The Morgan fingerprint density at radius 1 is 1.56 bits per heavy atom. The van der Waals surface area contributed by atoms with Crippen LogP contribution in [-0.2, 0) is 4.79 Å². The number of fused-ring (bicyclic) bond motifs is 1. The molecular formula is C11H12ClN3O. The number of rotatable bonds is 3. The second-order valence-electron chi connectivity index (χ2n) is 3.54. The predicted molar refractivity (Wildman–Crippen MR) is 64.8 cm³/mol. The van der Waals surface area contributed by atoms with Crippen LogP contribution in [0, 0.1) is 6.92 Å². The first-order valence-electron chi connectivity index (χ1n) is 5.01. The lowest BCUT2D eigenvalue weighted by Gasteiger charge is -2.03. The van der Waals surface area contributed by atoms with Crippen molar-refractivity contribution in [2.75, 3.05) is 11.2 Å². The monoisotopic (exact) mass is 237 g/mol. The molecule has 0 atom stereocenters. The van der Waals surface area contributed by atoms with Gasteiger partial charge in [0.15, 0.2) is 0 Å².